The molecule has 3 aliphatic rings. The topological polar surface area (TPSA) is 86.8 Å². The molecule has 1 aliphatic carbocycles. The molecule has 7 nitrogen and oxygen atoms in total. The maximum absolute atomic E-state index is 12.8. The van der Waals surface area contributed by atoms with Crippen LogP contribution < -0.4 is 5.32 Å². The van der Waals surface area contributed by atoms with Crippen LogP contribution in [0.3, 0.4) is 0 Å². The Hall–Kier alpha value is -1.58. The number of hydrogen-bond donors (Lipinski definition) is 1. The summed E-state index contributed by atoms with van der Waals surface area (Å²) in [4.78, 5) is 29.9. The van der Waals surface area contributed by atoms with E-state index in [-0.39, 0.29) is 34.1 Å². The van der Waals surface area contributed by atoms with Crippen LogP contribution in [0.2, 0.25) is 0 Å². The van der Waals surface area contributed by atoms with Gasteiger partial charge in [-0.1, -0.05) is 19.3 Å². The molecule has 1 N–H and O–H groups in total. The summed E-state index contributed by atoms with van der Waals surface area (Å²) in [6, 6.07) is 5.46. The lowest BCUT2D eigenvalue weighted by molar-refractivity contribution is -0.133. The third kappa shape index (κ3) is 5.26. The fourth-order valence-corrected chi connectivity index (χ4v) is 6.84. The molecule has 170 valence electrons. The number of benzene rings is 1. The summed E-state index contributed by atoms with van der Waals surface area (Å²) in [7, 11) is -3.60. The molecular weight excluding hydrogens is 434 g/mol. The molecule has 9 heteroatoms. The lowest BCUT2D eigenvalue weighted by Gasteiger charge is -2.40. The Morgan fingerprint density at radius 1 is 1.13 bits per heavy atom. The Morgan fingerprint density at radius 2 is 1.84 bits per heavy atom. The molecule has 2 aliphatic heterocycles. The minimum absolute atomic E-state index is 0.0129. The van der Waals surface area contributed by atoms with Crippen molar-refractivity contribution < 1.29 is 18.0 Å². The van der Waals surface area contributed by atoms with Gasteiger partial charge >= 0.3 is 0 Å². The number of hydrogen-bond acceptors (Lipinski definition) is 6. The molecule has 31 heavy (non-hydrogen) atoms. The fraction of sp³-hybridized carbons (Fsp3) is 0.636. The van der Waals surface area contributed by atoms with Crippen LogP contribution in [-0.2, 0) is 19.4 Å². The van der Waals surface area contributed by atoms with Gasteiger partial charge in [0.2, 0.25) is 11.8 Å². The number of sulfone groups is 1. The Labute approximate surface area is 188 Å². The van der Waals surface area contributed by atoms with Gasteiger partial charge in [-0.2, -0.15) is 0 Å². The highest BCUT2D eigenvalue weighted by molar-refractivity contribution is 8.01. The molecule has 2 fully saturated rings. The highest BCUT2D eigenvalue weighted by Gasteiger charge is 2.29. The Kier molecular flexibility index (Phi) is 6.93. The van der Waals surface area contributed by atoms with E-state index in [0.29, 0.717) is 24.8 Å². The van der Waals surface area contributed by atoms with Crippen molar-refractivity contribution in [2.24, 2.45) is 0 Å². The number of anilines is 1. The van der Waals surface area contributed by atoms with Crippen molar-refractivity contribution in [3.05, 3.63) is 18.2 Å². The lowest BCUT2D eigenvalue weighted by Crippen LogP contribution is -2.52. The van der Waals surface area contributed by atoms with Gasteiger partial charge in [0.15, 0.2) is 9.84 Å². The van der Waals surface area contributed by atoms with E-state index in [2.05, 4.69) is 10.2 Å². The van der Waals surface area contributed by atoms with Gasteiger partial charge in [0.25, 0.3) is 0 Å². The van der Waals surface area contributed by atoms with Crippen LogP contribution in [0.5, 0.6) is 0 Å². The third-order valence-corrected chi connectivity index (χ3v) is 9.48. The Balaban J connectivity index is 1.31. The number of nitrogens with one attached hydrogen (secondary N) is 1. The van der Waals surface area contributed by atoms with Gasteiger partial charge in [0, 0.05) is 43.5 Å². The summed E-state index contributed by atoms with van der Waals surface area (Å²) in [6.07, 6.45) is 6.42. The molecule has 2 amide bonds. The maximum Gasteiger partial charge on any atom is 0.237 e. The number of thioether (sulfide) groups is 1. The molecule has 2 heterocycles. The minimum Gasteiger partial charge on any atom is -0.340 e. The zero-order chi connectivity index (χ0) is 22.0. The van der Waals surface area contributed by atoms with Crippen molar-refractivity contribution >= 4 is 39.1 Å². The SMILES string of the molecule is C[C@H]1Sc2ccc(S(=O)(=O)CCC(=O)N3CCN(C4CCCCC4)CC3)cc2NC1=O. The van der Waals surface area contributed by atoms with Crippen LogP contribution in [0.25, 0.3) is 0 Å². The van der Waals surface area contributed by atoms with Gasteiger partial charge in [-0.05, 0) is 38.0 Å². The molecule has 1 saturated heterocycles. The van der Waals surface area contributed by atoms with E-state index in [4.69, 9.17) is 0 Å². The van der Waals surface area contributed by atoms with Crippen LogP contribution in [0, 0.1) is 0 Å². The molecule has 1 atom stereocenters. The summed E-state index contributed by atoms with van der Waals surface area (Å²) in [5.41, 5.74) is 0.527. The fourth-order valence-electron chi connectivity index (χ4n) is 4.66. The first-order valence-corrected chi connectivity index (χ1v) is 13.7. The molecule has 0 spiro atoms. The van der Waals surface area contributed by atoms with Crippen molar-refractivity contribution in [2.45, 2.75) is 66.5 Å². The first-order valence-electron chi connectivity index (χ1n) is 11.2. The monoisotopic (exact) mass is 465 g/mol. The molecule has 0 radical (unpaired) electrons. The van der Waals surface area contributed by atoms with Crippen LogP contribution >= 0.6 is 11.8 Å². The van der Waals surface area contributed by atoms with Crippen LogP contribution in [0.4, 0.5) is 5.69 Å². The van der Waals surface area contributed by atoms with Crippen molar-refractivity contribution in [1.29, 1.82) is 0 Å². The van der Waals surface area contributed by atoms with Gasteiger partial charge in [-0.25, -0.2) is 8.42 Å². The zero-order valence-electron chi connectivity index (χ0n) is 18.0. The number of nitrogens with zero attached hydrogens (tertiary/aromatic N) is 2. The van der Waals surface area contributed by atoms with Gasteiger partial charge in [0.1, 0.15) is 0 Å². The maximum atomic E-state index is 12.8. The van der Waals surface area contributed by atoms with E-state index in [1.807, 2.05) is 6.92 Å². The van der Waals surface area contributed by atoms with Gasteiger partial charge in [-0.15, -0.1) is 11.8 Å². The molecule has 1 aromatic carbocycles. The normalized spacial score (nSPS) is 23.3. The predicted molar refractivity (Wildman–Crippen MR) is 122 cm³/mol. The number of carbonyl (C=O) groups is 2. The van der Waals surface area contributed by atoms with Crippen molar-refractivity contribution in [3.8, 4) is 0 Å². The quantitative estimate of drug-likeness (QED) is 0.720. The van der Waals surface area contributed by atoms with Crippen molar-refractivity contribution in [3.63, 3.8) is 0 Å². The van der Waals surface area contributed by atoms with Crippen molar-refractivity contribution in [2.75, 3.05) is 37.2 Å². The summed E-state index contributed by atoms with van der Waals surface area (Å²) in [5.74, 6) is -0.442. The first kappa shape index (κ1) is 22.6. The Morgan fingerprint density at radius 3 is 2.55 bits per heavy atom. The van der Waals surface area contributed by atoms with E-state index in [1.165, 1.54) is 49.9 Å². The minimum atomic E-state index is -3.60. The van der Waals surface area contributed by atoms with Crippen LogP contribution in [0.15, 0.2) is 28.0 Å². The molecule has 4 rings (SSSR count). The second-order valence-corrected chi connectivity index (χ2v) is 12.2. The molecule has 0 aromatic heterocycles. The van der Waals surface area contributed by atoms with Crippen LogP contribution in [-0.4, -0.2) is 73.3 Å². The standard InChI is InChI=1S/C22H31N3O4S2/c1-16-22(27)23-19-15-18(7-8-20(19)30-16)31(28,29)14-9-21(26)25-12-10-24(11-13-25)17-5-3-2-4-6-17/h7-8,15-17H,2-6,9-14H2,1H3,(H,23,27)/t16-/m1/s1. The summed E-state index contributed by atoms with van der Waals surface area (Å²) in [6.45, 7) is 4.92. The van der Waals surface area contributed by atoms with Crippen LogP contribution in [0.1, 0.15) is 45.4 Å². The number of carbonyl (C=O) groups excluding carboxylic acids is 2. The third-order valence-electron chi connectivity index (χ3n) is 6.58. The van der Waals surface area contributed by atoms with E-state index in [9.17, 15) is 18.0 Å². The summed E-state index contributed by atoms with van der Waals surface area (Å²) >= 11 is 1.41. The highest BCUT2D eigenvalue weighted by Crippen LogP contribution is 2.37. The van der Waals surface area contributed by atoms with Crippen molar-refractivity contribution in [1.82, 2.24) is 9.80 Å². The van der Waals surface area contributed by atoms with E-state index in [0.717, 1.165) is 18.0 Å². The van der Waals surface area contributed by atoms with E-state index < -0.39 is 9.84 Å². The number of amides is 2. The molecule has 1 saturated carbocycles. The lowest BCUT2D eigenvalue weighted by atomic mass is 9.94. The number of fused-ring (bicyclic) bond motifs is 1. The van der Waals surface area contributed by atoms with E-state index >= 15 is 0 Å². The van der Waals surface area contributed by atoms with Gasteiger partial charge in [-0.3, -0.25) is 14.5 Å². The zero-order valence-corrected chi connectivity index (χ0v) is 19.6. The molecule has 1 aromatic rings. The average molecular weight is 466 g/mol. The highest BCUT2D eigenvalue weighted by atomic mass is 32.2. The number of piperazine rings is 1. The predicted octanol–water partition coefficient (Wildman–Crippen LogP) is 2.76. The number of rotatable bonds is 5. The largest absolute Gasteiger partial charge is 0.340 e. The molecule has 0 unspecified atom stereocenters. The second kappa shape index (κ2) is 9.50. The second-order valence-electron chi connectivity index (χ2n) is 8.68. The van der Waals surface area contributed by atoms with Gasteiger partial charge in [0.05, 0.1) is 21.6 Å². The molecule has 0 bridgehead atoms. The van der Waals surface area contributed by atoms with Gasteiger partial charge < -0.3 is 10.2 Å². The first-order chi connectivity index (χ1) is 14.8. The Bertz CT molecular complexity index is 936. The summed E-state index contributed by atoms with van der Waals surface area (Å²) in [5, 5.41) is 2.56. The molecular formula is C22H31N3O4S2. The summed E-state index contributed by atoms with van der Waals surface area (Å²) < 4.78 is 25.6. The van der Waals surface area contributed by atoms with E-state index in [1.54, 1.807) is 17.0 Å². The smallest absolute Gasteiger partial charge is 0.237 e. The average Bonchev–Trinajstić information content (AvgIpc) is 2.78.